The van der Waals surface area contributed by atoms with Crippen molar-refractivity contribution in [2.75, 3.05) is 6.61 Å². The fourth-order valence-corrected chi connectivity index (χ4v) is 1.61. The Morgan fingerprint density at radius 2 is 2.06 bits per heavy atom. The van der Waals surface area contributed by atoms with Crippen molar-refractivity contribution < 1.29 is 14.3 Å². The normalized spacial score (nSPS) is 10.2. The Kier molecular flexibility index (Phi) is 4.28. The Morgan fingerprint density at radius 1 is 1.38 bits per heavy atom. The highest BCUT2D eigenvalue weighted by Crippen LogP contribution is 2.12. The van der Waals surface area contributed by atoms with Crippen molar-refractivity contribution >= 4 is 11.8 Å². The van der Waals surface area contributed by atoms with Crippen molar-refractivity contribution in [3.63, 3.8) is 0 Å². The van der Waals surface area contributed by atoms with Gasteiger partial charge in [-0.3, -0.25) is 9.59 Å². The largest absolute Gasteiger partial charge is 0.466 e. The van der Waals surface area contributed by atoms with Crippen molar-refractivity contribution in [1.82, 2.24) is 4.98 Å². The van der Waals surface area contributed by atoms with Crippen molar-refractivity contribution in [1.29, 1.82) is 0 Å². The Morgan fingerprint density at radius 3 is 2.56 bits per heavy atom. The first-order valence-corrected chi connectivity index (χ1v) is 5.33. The van der Waals surface area contributed by atoms with Crippen LogP contribution in [0.15, 0.2) is 6.07 Å². The number of ketones is 1. The molecule has 4 heteroatoms. The number of aromatic amines is 1. The highest BCUT2D eigenvalue weighted by atomic mass is 16.5. The number of hydrogen-bond acceptors (Lipinski definition) is 3. The first-order valence-electron chi connectivity index (χ1n) is 5.33. The van der Waals surface area contributed by atoms with E-state index >= 15 is 0 Å². The smallest absolute Gasteiger partial charge is 0.302 e. The predicted octanol–water partition coefficient (Wildman–Crippen LogP) is 2.02. The minimum Gasteiger partial charge on any atom is -0.466 e. The standard InChI is InChI=1S/C12H17NO3/c1-8-12(9(2)14)7-11(13-8)5-4-6-16-10(3)15/h7,13H,4-6H2,1-3H3. The minimum atomic E-state index is -0.257. The number of aryl methyl sites for hydroxylation is 2. The molecule has 0 aliphatic rings. The number of hydrogen-bond donors (Lipinski definition) is 1. The number of ether oxygens (including phenoxy) is 1. The van der Waals surface area contributed by atoms with Gasteiger partial charge in [-0.1, -0.05) is 0 Å². The second-order valence-corrected chi connectivity index (χ2v) is 3.83. The van der Waals surface area contributed by atoms with E-state index in [1.165, 1.54) is 6.92 Å². The van der Waals surface area contributed by atoms with Gasteiger partial charge in [0.15, 0.2) is 5.78 Å². The fourth-order valence-electron chi connectivity index (χ4n) is 1.61. The van der Waals surface area contributed by atoms with E-state index in [1.807, 2.05) is 13.0 Å². The molecule has 0 radical (unpaired) electrons. The maximum Gasteiger partial charge on any atom is 0.302 e. The molecule has 0 aliphatic heterocycles. The molecule has 0 atom stereocenters. The van der Waals surface area contributed by atoms with Crippen molar-refractivity contribution in [2.45, 2.75) is 33.6 Å². The van der Waals surface area contributed by atoms with E-state index in [1.54, 1.807) is 6.92 Å². The fraction of sp³-hybridized carbons (Fsp3) is 0.500. The third kappa shape index (κ3) is 3.53. The maximum absolute atomic E-state index is 11.2. The van der Waals surface area contributed by atoms with Crippen LogP contribution in [-0.4, -0.2) is 23.3 Å². The number of aromatic nitrogens is 1. The highest BCUT2D eigenvalue weighted by molar-refractivity contribution is 5.95. The molecule has 0 saturated heterocycles. The molecule has 0 bridgehead atoms. The second-order valence-electron chi connectivity index (χ2n) is 3.83. The van der Waals surface area contributed by atoms with Crippen LogP contribution in [-0.2, 0) is 16.0 Å². The third-order valence-corrected chi connectivity index (χ3v) is 2.35. The molecular formula is C12H17NO3. The van der Waals surface area contributed by atoms with Gasteiger partial charge in [-0.2, -0.15) is 0 Å². The van der Waals surface area contributed by atoms with Crippen LogP contribution >= 0.6 is 0 Å². The molecule has 16 heavy (non-hydrogen) atoms. The molecule has 1 heterocycles. The molecule has 1 aromatic rings. The van der Waals surface area contributed by atoms with Gasteiger partial charge in [0, 0.05) is 23.9 Å². The molecule has 1 N–H and O–H groups in total. The van der Waals surface area contributed by atoms with Crippen LogP contribution in [0.5, 0.6) is 0 Å². The van der Waals surface area contributed by atoms with Crippen LogP contribution in [0.4, 0.5) is 0 Å². The monoisotopic (exact) mass is 223 g/mol. The highest BCUT2D eigenvalue weighted by Gasteiger charge is 2.08. The van der Waals surface area contributed by atoms with Crippen LogP contribution in [0.2, 0.25) is 0 Å². The van der Waals surface area contributed by atoms with E-state index in [0.717, 1.165) is 29.8 Å². The van der Waals surface area contributed by atoms with Crippen LogP contribution in [0, 0.1) is 6.92 Å². The van der Waals surface area contributed by atoms with Gasteiger partial charge >= 0.3 is 5.97 Å². The summed E-state index contributed by atoms with van der Waals surface area (Å²) >= 11 is 0. The number of H-pyrrole nitrogens is 1. The summed E-state index contributed by atoms with van der Waals surface area (Å²) in [4.78, 5) is 24.9. The molecule has 4 nitrogen and oxygen atoms in total. The van der Waals surface area contributed by atoms with Crippen LogP contribution in [0.25, 0.3) is 0 Å². The van der Waals surface area contributed by atoms with E-state index in [2.05, 4.69) is 4.98 Å². The number of carbonyl (C=O) groups is 2. The summed E-state index contributed by atoms with van der Waals surface area (Å²) in [5.74, 6) is -0.188. The molecule has 0 saturated carbocycles. The van der Waals surface area contributed by atoms with Gasteiger partial charge in [-0.25, -0.2) is 0 Å². The number of carbonyl (C=O) groups excluding carboxylic acids is 2. The molecule has 0 amide bonds. The summed E-state index contributed by atoms with van der Waals surface area (Å²) in [5, 5.41) is 0. The van der Waals surface area contributed by atoms with Crippen molar-refractivity contribution in [3.05, 3.63) is 23.0 Å². The summed E-state index contributed by atoms with van der Waals surface area (Å²) in [6.45, 7) is 5.25. The molecule has 88 valence electrons. The zero-order valence-corrected chi connectivity index (χ0v) is 9.92. The molecule has 1 rings (SSSR count). The molecular weight excluding hydrogens is 206 g/mol. The first kappa shape index (κ1) is 12.5. The Hall–Kier alpha value is -1.58. The van der Waals surface area contributed by atoms with E-state index in [-0.39, 0.29) is 11.8 Å². The predicted molar refractivity (Wildman–Crippen MR) is 60.5 cm³/mol. The molecule has 0 fully saturated rings. The van der Waals surface area contributed by atoms with E-state index in [9.17, 15) is 9.59 Å². The number of Topliss-reactive ketones (excluding diaryl/α,β-unsaturated/α-hetero) is 1. The number of rotatable bonds is 5. The lowest BCUT2D eigenvalue weighted by Crippen LogP contribution is -2.01. The quantitative estimate of drug-likeness (QED) is 0.472. The van der Waals surface area contributed by atoms with E-state index in [4.69, 9.17) is 4.74 Å². The number of esters is 1. The molecule has 0 aliphatic carbocycles. The van der Waals surface area contributed by atoms with Gasteiger partial charge in [0.25, 0.3) is 0 Å². The lowest BCUT2D eigenvalue weighted by Gasteiger charge is -2.00. The van der Waals surface area contributed by atoms with Crippen molar-refractivity contribution in [2.24, 2.45) is 0 Å². The third-order valence-electron chi connectivity index (χ3n) is 2.35. The molecule has 0 spiro atoms. The summed E-state index contributed by atoms with van der Waals surface area (Å²) in [5.41, 5.74) is 2.65. The van der Waals surface area contributed by atoms with E-state index in [0.29, 0.717) is 6.61 Å². The Balaban J connectivity index is 2.46. The summed E-state index contributed by atoms with van der Waals surface area (Å²) < 4.78 is 4.83. The summed E-state index contributed by atoms with van der Waals surface area (Å²) in [6, 6.07) is 1.87. The topological polar surface area (TPSA) is 59.2 Å². The summed E-state index contributed by atoms with van der Waals surface area (Å²) in [6.07, 6.45) is 1.54. The Bertz CT molecular complexity index is 393. The van der Waals surface area contributed by atoms with Crippen LogP contribution in [0.1, 0.15) is 42.0 Å². The minimum absolute atomic E-state index is 0.0694. The van der Waals surface area contributed by atoms with E-state index < -0.39 is 0 Å². The molecule has 0 unspecified atom stereocenters. The van der Waals surface area contributed by atoms with Gasteiger partial charge in [-0.15, -0.1) is 0 Å². The van der Waals surface area contributed by atoms with Gasteiger partial charge < -0.3 is 9.72 Å². The van der Waals surface area contributed by atoms with Crippen LogP contribution < -0.4 is 0 Å². The van der Waals surface area contributed by atoms with Crippen molar-refractivity contribution in [3.8, 4) is 0 Å². The summed E-state index contributed by atoms with van der Waals surface area (Å²) in [7, 11) is 0. The van der Waals surface area contributed by atoms with Gasteiger partial charge in [-0.05, 0) is 32.8 Å². The molecule has 1 aromatic heterocycles. The Labute approximate surface area is 95.0 Å². The lowest BCUT2D eigenvalue weighted by atomic mass is 10.1. The SMILES string of the molecule is CC(=O)OCCCc1cc(C(C)=O)c(C)[nH]1. The zero-order valence-electron chi connectivity index (χ0n) is 9.92. The van der Waals surface area contributed by atoms with Gasteiger partial charge in [0.2, 0.25) is 0 Å². The molecule has 0 aromatic carbocycles. The maximum atomic E-state index is 11.2. The average Bonchev–Trinajstić information content (AvgIpc) is 2.54. The van der Waals surface area contributed by atoms with Crippen LogP contribution in [0.3, 0.4) is 0 Å². The van der Waals surface area contributed by atoms with Gasteiger partial charge in [0.05, 0.1) is 6.61 Å². The number of nitrogens with one attached hydrogen (secondary N) is 1. The zero-order chi connectivity index (χ0) is 12.1. The van der Waals surface area contributed by atoms with Gasteiger partial charge in [0.1, 0.15) is 0 Å². The average molecular weight is 223 g/mol. The first-order chi connectivity index (χ1) is 7.50. The lowest BCUT2D eigenvalue weighted by molar-refractivity contribution is -0.141. The second kappa shape index (κ2) is 5.49.